The Bertz CT molecular complexity index is 2430. The molecule has 2 amide bonds. The molecule has 0 saturated carbocycles. The zero-order valence-electron chi connectivity index (χ0n) is 47.5. The molecule has 4 heterocycles. The summed E-state index contributed by atoms with van der Waals surface area (Å²) in [6.45, 7) is 10.4. The van der Waals surface area contributed by atoms with Gasteiger partial charge in [-0.2, -0.15) is 5.48 Å². The Balaban J connectivity index is 1.09. The Morgan fingerprint density at radius 1 is 0.840 bits per heavy atom. The molecule has 4 fully saturated rings. The molecule has 0 aromatic heterocycles. The van der Waals surface area contributed by atoms with Crippen molar-refractivity contribution in [1.29, 1.82) is 0 Å². The number of nitrogens with zero attached hydrogens (tertiary/aromatic N) is 1. The van der Waals surface area contributed by atoms with E-state index in [9.17, 15) is 44.7 Å². The van der Waals surface area contributed by atoms with E-state index in [4.69, 9.17) is 61.7 Å². The van der Waals surface area contributed by atoms with Crippen LogP contribution in [-0.4, -0.2) is 217 Å². The van der Waals surface area contributed by atoms with Crippen molar-refractivity contribution in [2.45, 2.75) is 208 Å². The number of fused-ring (bicyclic) bond motifs is 2. The lowest BCUT2D eigenvalue weighted by atomic mass is 9.76. The van der Waals surface area contributed by atoms with Crippen LogP contribution in [0.5, 0.6) is 17.2 Å². The van der Waals surface area contributed by atoms with Crippen LogP contribution in [0, 0.1) is 10.5 Å². The molecule has 0 spiro atoms. The number of aliphatic hydroxyl groups excluding tert-OH is 4. The van der Waals surface area contributed by atoms with Crippen molar-refractivity contribution in [3.63, 3.8) is 0 Å². The predicted octanol–water partition coefficient (Wildman–Crippen LogP) is 2.81. The number of nitrogens with one attached hydrogen (secondary N) is 2. The first-order valence-corrected chi connectivity index (χ1v) is 29.1. The SMILES string of the molecule is CCN(C(C)=O)[C@H]1CO[C@@H](O[C@H]2[C@H](O[C@H]3CC/C=C\CC[C@]4(O)CC(=O)C(NC(=O)OC)=C3C4)O[C@H](C)[C@@H](NO[C@H]3C[C@H](O)[C@H](SC(=O)c4c(C)c(I)c(O[C@@H]5O[C@@H](C)[C@H](O)[C@@H](OC)[C@H]5O)c(OC)c4OC)[C@@H](C)O3)[C@H]2O)C[C@@H]1OC. The Kier molecular flexibility index (Phi) is 23.1. The highest BCUT2D eigenvalue weighted by Gasteiger charge is 2.51. The fourth-order valence-corrected chi connectivity index (χ4v) is 13.2. The number of methoxy groups -OCH3 is 5. The molecule has 6 aliphatic rings. The number of hydrogen-bond acceptors (Lipinski definition) is 24. The molecule has 4 saturated heterocycles. The fourth-order valence-electron chi connectivity index (χ4n) is 11.4. The lowest BCUT2D eigenvalue weighted by molar-refractivity contribution is -0.340. The number of carbonyl (C=O) groups is 4. The number of allylic oxidation sites excluding steroid dienone is 3. The van der Waals surface area contributed by atoms with Crippen LogP contribution in [0.2, 0.25) is 0 Å². The first-order chi connectivity index (χ1) is 38.5. The zero-order chi connectivity index (χ0) is 59.2. The van der Waals surface area contributed by atoms with Crippen LogP contribution >= 0.6 is 34.4 Å². The Labute approximate surface area is 489 Å². The number of aliphatic hydroxyl groups is 5. The van der Waals surface area contributed by atoms with Gasteiger partial charge in [-0.25, -0.2) is 4.79 Å². The van der Waals surface area contributed by atoms with E-state index in [0.717, 1.165) is 11.8 Å². The molecule has 2 aliphatic carbocycles. The van der Waals surface area contributed by atoms with E-state index in [2.05, 4.69) is 10.8 Å². The van der Waals surface area contributed by atoms with Crippen LogP contribution in [0.25, 0.3) is 0 Å². The number of ketones is 1. The molecule has 1 aromatic rings. The maximum absolute atomic E-state index is 14.4. The summed E-state index contributed by atoms with van der Waals surface area (Å²) in [7, 11) is 6.77. The lowest BCUT2D eigenvalue weighted by Crippen LogP contribution is -2.65. The summed E-state index contributed by atoms with van der Waals surface area (Å²) in [6, 6.07) is -1.50. The smallest absolute Gasteiger partial charge is 0.411 e. The van der Waals surface area contributed by atoms with Gasteiger partial charge in [0.1, 0.15) is 30.5 Å². The lowest BCUT2D eigenvalue weighted by Gasteiger charge is -2.47. The molecule has 25 nitrogen and oxygen atoms in total. The number of halogens is 1. The monoisotopic (exact) mass is 1280 g/mol. The minimum absolute atomic E-state index is 0.0202. The number of benzene rings is 1. The van der Waals surface area contributed by atoms with Gasteiger partial charge in [0.05, 0.1) is 102 Å². The second kappa shape index (κ2) is 28.7. The maximum atomic E-state index is 14.4. The van der Waals surface area contributed by atoms with E-state index in [1.54, 1.807) is 32.6 Å². The van der Waals surface area contributed by atoms with Gasteiger partial charge in [-0.3, -0.25) is 24.5 Å². The second-order valence-corrected chi connectivity index (χ2v) is 23.3. The predicted molar refractivity (Wildman–Crippen MR) is 295 cm³/mol. The van der Waals surface area contributed by atoms with Crippen LogP contribution in [0.1, 0.15) is 102 Å². The molecule has 19 atom stereocenters. The van der Waals surface area contributed by atoms with Gasteiger partial charge in [-0.05, 0) is 94.0 Å². The molecule has 1 aromatic carbocycles. The highest BCUT2D eigenvalue weighted by Crippen LogP contribution is 2.49. The van der Waals surface area contributed by atoms with Gasteiger partial charge in [0.25, 0.3) is 0 Å². The molecular formula is C54H80IN3O22S. The van der Waals surface area contributed by atoms with Crippen LogP contribution < -0.4 is 25.0 Å². The summed E-state index contributed by atoms with van der Waals surface area (Å²) in [6.07, 6.45) is -12.0. The summed E-state index contributed by atoms with van der Waals surface area (Å²) in [5, 5.41) is 58.8. The van der Waals surface area contributed by atoms with Crippen LogP contribution in [0.4, 0.5) is 4.79 Å². The number of carbonyl (C=O) groups excluding carboxylic acids is 4. The number of hydroxylamine groups is 1. The Hall–Kier alpha value is -3.34. The van der Waals surface area contributed by atoms with E-state index in [0.29, 0.717) is 34.1 Å². The maximum Gasteiger partial charge on any atom is 0.411 e. The number of hydrogen-bond donors (Lipinski definition) is 7. The zero-order valence-corrected chi connectivity index (χ0v) is 50.5. The van der Waals surface area contributed by atoms with Crippen molar-refractivity contribution in [3.8, 4) is 17.2 Å². The number of rotatable bonds is 18. The molecule has 7 N–H and O–H groups in total. The summed E-state index contributed by atoms with van der Waals surface area (Å²) < 4.78 is 72.5. The number of alkyl carbamates (subject to hydrolysis) is 1. The van der Waals surface area contributed by atoms with E-state index in [1.165, 1.54) is 42.5 Å². The highest BCUT2D eigenvalue weighted by molar-refractivity contribution is 14.1. The molecule has 0 unspecified atom stereocenters. The van der Waals surface area contributed by atoms with E-state index in [1.807, 2.05) is 41.7 Å². The van der Waals surface area contributed by atoms with Gasteiger partial charge in [0, 0.05) is 53.4 Å². The van der Waals surface area contributed by atoms with Crippen molar-refractivity contribution in [2.75, 3.05) is 48.7 Å². The summed E-state index contributed by atoms with van der Waals surface area (Å²) >= 11 is 2.83. The van der Waals surface area contributed by atoms with Gasteiger partial charge in [0.2, 0.25) is 23.1 Å². The van der Waals surface area contributed by atoms with E-state index in [-0.39, 0.29) is 79.5 Å². The summed E-state index contributed by atoms with van der Waals surface area (Å²) in [5.41, 5.74) is 2.28. The molecule has 7 rings (SSSR count). The third kappa shape index (κ3) is 14.7. The normalized spacial score (nSPS) is 37.0. The van der Waals surface area contributed by atoms with E-state index >= 15 is 0 Å². The third-order valence-electron chi connectivity index (χ3n) is 15.8. The average molecular weight is 1280 g/mol. The molecule has 456 valence electrons. The molecule has 81 heavy (non-hydrogen) atoms. The Morgan fingerprint density at radius 3 is 2.19 bits per heavy atom. The van der Waals surface area contributed by atoms with E-state index < -0.39 is 132 Å². The van der Waals surface area contributed by atoms with Crippen molar-refractivity contribution in [3.05, 3.63) is 38.1 Å². The first-order valence-electron chi connectivity index (χ1n) is 27.2. The van der Waals surface area contributed by atoms with Gasteiger partial charge >= 0.3 is 6.09 Å². The fraction of sp³-hybridized carbons (Fsp3) is 0.741. The highest BCUT2D eigenvalue weighted by atomic mass is 127. The molecule has 0 radical (unpaired) electrons. The van der Waals surface area contributed by atoms with Crippen molar-refractivity contribution < 1.29 is 106 Å². The minimum Gasteiger partial charge on any atom is -0.492 e. The number of Topliss-reactive ketones (excluding diaryl/α,β-unsaturated/α-hetero) is 1. The Morgan fingerprint density at radius 2 is 1.54 bits per heavy atom. The number of amides is 2. The number of likely N-dealkylation sites (N-methyl/N-ethyl adjacent to an activating group) is 1. The molecule has 27 heteroatoms. The average Bonchev–Trinajstić information content (AvgIpc) is 3.46. The van der Waals surface area contributed by atoms with Crippen molar-refractivity contribution >= 4 is 57.3 Å². The van der Waals surface area contributed by atoms with Gasteiger partial charge in [-0.1, -0.05) is 23.9 Å². The quantitative estimate of drug-likeness (QED) is 0.0631. The summed E-state index contributed by atoms with van der Waals surface area (Å²) in [5.74, 6) is -0.485. The molecular weight excluding hydrogens is 1200 g/mol. The van der Waals surface area contributed by atoms with Gasteiger partial charge < -0.3 is 87.3 Å². The van der Waals surface area contributed by atoms with Crippen LogP contribution in [0.15, 0.2) is 23.4 Å². The van der Waals surface area contributed by atoms with Crippen LogP contribution in [-0.2, 0) is 57.1 Å². The van der Waals surface area contributed by atoms with Crippen molar-refractivity contribution in [1.82, 2.24) is 15.7 Å². The second-order valence-electron chi connectivity index (χ2n) is 21.1. The van der Waals surface area contributed by atoms with Gasteiger partial charge in [-0.15, -0.1) is 0 Å². The molecule has 2 bridgehead atoms. The third-order valence-corrected chi connectivity index (χ3v) is 18.5. The van der Waals surface area contributed by atoms with Crippen LogP contribution in [0.3, 0.4) is 0 Å². The largest absolute Gasteiger partial charge is 0.492 e. The topological polar surface area (TPSA) is 317 Å². The van der Waals surface area contributed by atoms with Crippen molar-refractivity contribution in [2.24, 2.45) is 0 Å². The number of ether oxygens (including phenoxy) is 12. The number of thioether (sulfide) groups is 1. The molecule has 4 aliphatic heterocycles. The first kappa shape index (κ1) is 65.2. The van der Waals surface area contributed by atoms with Gasteiger partial charge in [0.15, 0.2) is 36.2 Å². The summed E-state index contributed by atoms with van der Waals surface area (Å²) in [4.78, 5) is 61.2. The minimum atomic E-state index is -1.49. The standard InChI is InChI=1S/C54H80IN3O22S/c1-12-58(28(6)59)30-23-73-35(20-34(30)68-7)78-47-42(63)39(25(3)75-52(47)77-33-17-15-13-14-16-18-54(67)21-29(33)40(32(61)22-54)56-53(66)72-11)57-80-36-19-31(60)49(27(5)74-36)81-50(65)37-24(2)38(55)45(48(71-10)44(37)69-8)79-51-43(64)46(70-9)41(62)26(4)76-51/h13-14,25-27,30-31,33-36,39,41-43,46-47,49,51-52,57,60,62-64,67H,12,15-23H2,1-11H3,(H,56,66)/b14-13-/t25-,26+,27-,30+,31+,33+,34+,35+,36+,39-,41+,42-,43-,46-,47-,49-,51+,52+,54-/m1/s1.